The fraction of sp³-hybridized carbons (Fsp3) is 0.200. The highest BCUT2D eigenvalue weighted by Gasteiger charge is 2.31. The molecule has 0 spiro atoms. The number of hydrogen-bond acceptors (Lipinski definition) is 4. The molecule has 0 bridgehead atoms. The van der Waals surface area contributed by atoms with Crippen molar-refractivity contribution in [1.29, 1.82) is 0 Å². The Bertz CT molecular complexity index is 692. The monoisotopic (exact) mass is 367 g/mol. The third-order valence-corrected chi connectivity index (χ3v) is 3.10. The van der Waals surface area contributed by atoms with Gasteiger partial charge < -0.3 is 20.3 Å². The van der Waals surface area contributed by atoms with Gasteiger partial charge >= 0.3 is 6.36 Å². The molecule has 0 aliphatic rings. The van der Waals surface area contributed by atoms with E-state index >= 15 is 0 Å². The molecule has 0 unspecified atom stereocenters. The predicted octanol–water partition coefficient (Wildman–Crippen LogP) is 3.91. The van der Waals surface area contributed by atoms with Gasteiger partial charge in [0.05, 0.1) is 13.2 Å². The molecule has 0 aromatic heterocycles. The molecule has 0 radical (unpaired) electrons. The molecular formula is C15H14ClF4NO3. The van der Waals surface area contributed by atoms with Crippen LogP contribution in [0.5, 0.6) is 17.2 Å². The average molecular weight is 368 g/mol. The number of methoxy groups -OCH3 is 1. The number of benzene rings is 2. The minimum Gasteiger partial charge on any atom is -0.504 e. The normalized spacial score (nSPS) is 12.2. The van der Waals surface area contributed by atoms with E-state index in [1.807, 2.05) is 0 Å². The van der Waals surface area contributed by atoms with E-state index < -0.39 is 24.0 Å². The molecule has 2 rings (SSSR count). The van der Waals surface area contributed by atoms with E-state index in [1.165, 1.54) is 19.2 Å². The van der Waals surface area contributed by atoms with E-state index in [1.54, 1.807) is 0 Å². The van der Waals surface area contributed by atoms with Gasteiger partial charge in [-0.05, 0) is 23.8 Å². The average Bonchev–Trinajstić information content (AvgIpc) is 2.47. The molecule has 24 heavy (non-hydrogen) atoms. The van der Waals surface area contributed by atoms with Crippen LogP contribution < -0.4 is 15.2 Å². The van der Waals surface area contributed by atoms with E-state index in [-0.39, 0.29) is 29.5 Å². The number of nitrogens with two attached hydrogens (primary N) is 1. The summed E-state index contributed by atoms with van der Waals surface area (Å²) < 4.78 is 58.4. The van der Waals surface area contributed by atoms with Gasteiger partial charge in [0, 0.05) is 11.6 Å². The SMILES string of the molecule is COc1cc(F)cc([C@@H](N)c2ccc(OC(F)(F)F)cc2)c1O.Cl. The molecule has 2 aromatic rings. The van der Waals surface area contributed by atoms with Crippen molar-refractivity contribution >= 4 is 12.4 Å². The molecule has 1 atom stereocenters. The van der Waals surface area contributed by atoms with E-state index in [9.17, 15) is 22.7 Å². The highest BCUT2D eigenvalue weighted by Crippen LogP contribution is 2.36. The van der Waals surface area contributed by atoms with Crippen molar-refractivity contribution in [2.24, 2.45) is 5.73 Å². The lowest BCUT2D eigenvalue weighted by atomic mass is 9.98. The van der Waals surface area contributed by atoms with Gasteiger partial charge in [0.25, 0.3) is 0 Å². The van der Waals surface area contributed by atoms with Crippen LogP contribution in [0.4, 0.5) is 17.6 Å². The zero-order valence-corrected chi connectivity index (χ0v) is 13.1. The number of phenolic OH excluding ortho intramolecular Hbond substituents is 1. The first kappa shape index (κ1) is 19.9. The Morgan fingerprint density at radius 2 is 1.71 bits per heavy atom. The van der Waals surface area contributed by atoms with Crippen molar-refractivity contribution in [1.82, 2.24) is 0 Å². The van der Waals surface area contributed by atoms with Crippen molar-refractivity contribution in [3.8, 4) is 17.2 Å². The number of phenols is 1. The Kier molecular flexibility index (Phi) is 6.28. The van der Waals surface area contributed by atoms with Crippen molar-refractivity contribution in [2.75, 3.05) is 7.11 Å². The van der Waals surface area contributed by atoms with E-state index in [0.717, 1.165) is 24.3 Å². The lowest BCUT2D eigenvalue weighted by Crippen LogP contribution is -2.17. The van der Waals surface area contributed by atoms with E-state index in [4.69, 9.17) is 10.5 Å². The zero-order valence-electron chi connectivity index (χ0n) is 12.3. The van der Waals surface area contributed by atoms with Gasteiger partial charge in [-0.2, -0.15) is 0 Å². The quantitative estimate of drug-likeness (QED) is 0.804. The summed E-state index contributed by atoms with van der Waals surface area (Å²) in [5.41, 5.74) is 6.35. The third kappa shape index (κ3) is 4.65. The van der Waals surface area contributed by atoms with Gasteiger partial charge in [-0.1, -0.05) is 12.1 Å². The third-order valence-electron chi connectivity index (χ3n) is 3.10. The van der Waals surface area contributed by atoms with Gasteiger partial charge in [0.2, 0.25) is 0 Å². The molecule has 9 heteroatoms. The Morgan fingerprint density at radius 3 is 2.21 bits per heavy atom. The summed E-state index contributed by atoms with van der Waals surface area (Å²) in [6.45, 7) is 0. The Labute approximate surface area is 141 Å². The summed E-state index contributed by atoms with van der Waals surface area (Å²) in [5, 5.41) is 10.0. The first-order chi connectivity index (χ1) is 10.7. The Morgan fingerprint density at radius 1 is 1.12 bits per heavy atom. The van der Waals surface area contributed by atoms with Crippen LogP contribution in [0.3, 0.4) is 0 Å². The maximum atomic E-state index is 13.5. The standard InChI is InChI=1S/C15H13F4NO3.ClH/c1-22-12-7-9(16)6-11(14(12)21)13(20)8-2-4-10(5-3-8)23-15(17,18)19;/h2-7,13,21H,20H2,1H3;1H/t13-;/m0./s1. The van der Waals surface area contributed by atoms with Crippen LogP contribution in [0.1, 0.15) is 17.2 Å². The molecule has 0 heterocycles. The van der Waals surface area contributed by atoms with Crippen LogP contribution in [0, 0.1) is 5.82 Å². The summed E-state index contributed by atoms with van der Waals surface area (Å²) in [5.74, 6) is -1.50. The van der Waals surface area contributed by atoms with Crippen LogP contribution in [0.2, 0.25) is 0 Å². The Balaban J connectivity index is 0.00000288. The molecule has 3 N–H and O–H groups in total. The first-order valence-corrected chi connectivity index (χ1v) is 6.39. The molecule has 0 saturated heterocycles. The second-order valence-corrected chi connectivity index (χ2v) is 4.64. The molecule has 4 nitrogen and oxygen atoms in total. The minimum atomic E-state index is -4.79. The largest absolute Gasteiger partial charge is 0.573 e. The lowest BCUT2D eigenvalue weighted by Gasteiger charge is -2.17. The number of alkyl halides is 3. The highest BCUT2D eigenvalue weighted by atomic mass is 35.5. The minimum absolute atomic E-state index is 0. The predicted molar refractivity (Wildman–Crippen MR) is 81.0 cm³/mol. The van der Waals surface area contributed by atoms with Crippen LogP contribution in [-0.4, -0.2) is 18.6 Å². The molecule has 0 amide bonds. The maximum Gasteiger partial charge on any atom is 0.573 e. The lowest BCUT2D eigenvalue weighted by molar-refractivity contribution is -0.274. The van der Waals surface area contributed by atoms with Crippen molar-refractivity contribution in [3.63, 3.8) is 0 Å². The topological polar surface area (TPSA) is 64.7 Å². The van der Waals surface area contributed by atoms with E-state index in [0.29, 0.717) is 5.56 Å². The summed E-state index contributed by atoms with van der Waals surface area (Å²) in [6, 6.07) is 5.81. The zero-order chi connectivity index (χ0) is 17.2. The fourth-order valence-electron chi connectivity index (χ4n) is 2.04. The molecule has 0 saturated carbocycles. The number of aromatic hydroxyl groups is 1. The first-order valence-electron chi connectivity index (χ1n) is 6.39. The number of ether oxygens (including phenoxy) is 2. The van der Waals surface area contributed by atoms with Gasteiger partial charge in [-0.15, -0.1) is 25.6 Å². The van der Waals surface area contributed by atoms with Crippen LogP contribution in [0.25, 0.3) is 0 Å². The van der Waals surface area contributed by atoms with Gasteiger partial charge in [-0.25, -0.2) is 4.39 Å². The number of rotatable bonds is 4. The fourth-order valence-corrected chi connectivity index (χ4v) is 2.04. The van der Waals surface area contributed by atoms with Crippen molar-refractivity contribution < 1.29 is 32.1 Å². The molecule has 0 fully saturated rings. The maximum absolute atomic E-state index is 13.5. The molecular weight excluding hydrogens is 354 g/mol. The number of halogens is 5. The summed E-state index contributed by atoms with van der Waals surface area (Å²) in [4.78, 5) is 0. The molecule has 2 aromatic carbocycles. The van der Waals surface area contributed by atoms with Crippen LogP contribution in [-0.2, 0) is 0 Å². The van der Waals surface area contributed by atoms with Gasteiger partial charge in [0.15, 0.2) is 11.5 Å². The van der Waals surface area contributed by atoms with Crippen molar-refractivity contribution in [3.05, 3.63) is 53.3 Å². The smallest absolute Gasteiger partial charge is 0.504 e. The molecule has 0 aliphatic heterocycles. The summed E-state index contributed by atoms with van der Waals surface area (Å²) in [7, 11) is 1.26. The summed E-state index contributed by atoms with van der Waals surface area (Å²) in [6.07, 6.45) is -4.79. The van der Waals surface area contributed by atoms with E-state index in [2.05, 4.69) is 4.74 Å². The van der Waals surface area contributed by atoms with Crippen LogP contribution in [0.15, 0.2) is 36.4 Å². The van der Waals surface area contributed by atoms with Crippen molar-refractivity contribution in [2.45, 2.75) is 12.4 Å². The molecule has 0 aliphatic carbocycles. The molecule has 132 valence electrons. The van der Waals surface area contributed by atoms with Crippen LogP contribution >= 0.6 is 12.4 Å². The Hall–Kier alpha value is -2.19. The van der Waals surface area contributed by atoms with Gasteiger partial charge in [0.1, 0.15) is 11.6 Å². The summed E-state index contributed by atoms with van der Waals surface area (Å²) >= 11 is 0. The van der Waals surface area contributed by atoms with Gasteiger partial charge in [-0.3, -0.25) is 0 Å². The number of hydrogen-bond donors (Lipinski definition) is 2. The second kappa shape index (κ2) is 7.59. The second-order valence-electron chi connectivity index (χ2n) is 4.64. The highest BCUT2D eigenvalue weighted by molar-refractivity contribution is 5.85.